The van der Waals surface area contributed by atoms with Gasteiger partial charge in [-0.25, -0.2) is 4.98 Å². The Morgan fingerprint density at radius 2 is 0.842 bits per heavy atom. The zero-order chi connectivity index (χ0) is 37.9. The molecular weight excluding hydrogens is 691 g/mol. The number of benzene rings is 8. The average molecular weight is 728 g/mol. The summed E-state index contributed by atoms with van der Waals surface area (Å²) in [5, 5.41) is 4.96. The smallest absolute Gasteiger partial charge is 0.0716 e. The molecule has 3 heterocycles. The van der Waals surface area contributed by atoms with Crippen molar-refractivity contribution in [2.75, 3.05) is 0 Å². The molecule has 0 radical (unpaired) electrons. The summed E-state index contributed by atoms with van der Waals surface area (Å²) in [6, 6.07) is 74.5. The van der Waals surface area contributed by atoms with E-state index in [0.717, 1.165) is 33.8 Å². The van der Waals surface area contributed by atoms with Crippen LogP contribution in [0.3, 0.4) is 0 Å². The lowest BCUT2D eigenvalue weighted by Crippen LogP contribution is -1.96. The first-order valence-electron chi connectivity index (χ1n) is 19.5. The normalized spacial score (nSPS) is 11.6. The van der Waals surface area contributed by atoms with Gasteiger partial charge in [-0.3, -0.25) is 0 Å². The number of fused-ring (bicyclic) bond motifs is 6. The molecule has 0 aliphatic rings. The zero-order valence-corrected chi connectivity index (χ0v) is 31.5. The molecule has 0 aliphatic carbocycles. The van der Waals surface area contributed by atoms with Crippen LogP contribution in [0.2, 0.25) is 0 Å². The summed E-state index contributed by atoms with van der Waals surface area (Å²) in [7, 11) is 0. The fraction of sp³-hybridized carbons (Fsp3) is 0.0185. The summed E-state index contributed by atoms with van der Waals surface area (Å²) in [6.07, 6.45) is 0. The van der Waals surface area contributed by atoms with Gasteiger partial charge in [-0.2, -0.15) is 0 Å². The lowest BCUT2D eigenvalue weighted by Gasteiger charge is -2.13. The Labute approximate surface area is 331 Å². The van der Waals surface area contributed by atoms with Crippen molar-refractivity contribution < 1.29 is 0 Å². The minimum Gasteiger partial charge on any atom is -0.309 e. The minimum absolute atomic E-state index is 0.941. The highest BCUT2D eigenvalue weighted by atomic mass is 15.0. The topological polar surface area (TPSA) is 22.8 Å². The molecule has 0 atom stereocenters. The van der Waals surface area contributed by atoms with Crippen molar-refractivity contribution in [3.63, 3.8) is 0 Å². The third-order valence-electron chi connectivity index (χ3n) is 11.4. The standard InChI is InChI=1S/C54H37N3/c1-36-23-27-43(28-24-36)56-52-22-11-9-20-46(52)48-32-39(26-30-53(48)56)40-25-29-47-45-19-8-10-21-51(45)57(54(47)35-40)44-18-12-17-41(31-44)50-34-42(37-13-4-2-5-14-37)33-49(55-50)38-15-6-3-7-16-38/h2-35H,1H3. The van der Waals surface area contributed by atoms with Crippen molar-refractivity contribution in [1.82, 2.24) is 14.1 Å². The van der Waals surface area contributed by atoms with Crippen LogP contribution in [0.5, 0.6) is 0 Å². The van der Waals surface area contributed by atoms with E-state index >= 15 is 0 Å². The van der Waals surface area contributed by atoms with Crippen LogP contribution < -0.4 is 0 Å². The monoisotopic (exact) mass is 727 g/mol. The molecule has 57 heavy (non-hydrogen) atoms. The molecule has 0 amide bonds. The van der Waals surface area contributed by atoms with E-state index in [-0.39, 0.29) is 0 Å². The second kappa shape index (κ2) is 13.4. The Morgan fingerprint density at radius 3 is 1.58 bits per heavy atom. The van der Waals surface area contributed by atoms with Gasteiger partial charge >= 0.3 is 0 Å². The Hall–Kier alpha value is -7.49. The van der Waals surface area contributed by atoms with Crippen LogP contribution in [0.25, 0.3) is 99.8 Å². The molecule has 0 fully saturated rings. The van der Waals surface area contributed by atoms with Gasteiger partial charge in [0, 0.05) is 44.0 Å². The molecule has 0 spiro atoms. The predicted octanol–water partition coefficient (Wildman–Crippen LogP) is 14.3. The molecule has 3 aromatic heterocycles. The second-order valence-corrected chi connectivity index (χ2v) is 14.9. The molecule has 268 valence electrons. The molecule has 0 bridgehead atoms. The highest BCUT2D eigenvalue weighted by Gasteiger charge is 2.17. The molecule has 3 nitrogen and oxygen atoms in total. The van der Waals surface area contributed by atoms with Crippen molar-refractivity contribution in [3.05, 3.63) is 212 Å². The Kier molecular flexibility index (Phi) is 7.71. The molecule has 0 N–H and O–H groups in total. The quantitative estimate of drug-likeness (QED) is 0.167. The van der Waals surface area contributed by atoms with E-state index in [1.54, 1.807) is 0 Å². The number of rotatable bonds is 6. The molecule has 11 aromatic rings. The van der Waals surface area contributed by atoms with Crippen LogP contribution in [0.1, 0.15) is 5.56 Å². The van der Waals surface area contributed by atoms with E-state index in [1.807, 2.05) is 0 Å². The summed E-state index contributed by atoms with van der Waals surface area (Å²) < 4.78 is 4.80. The van der Waals surface area contributed by atoms with E-state index < -0.39 is 0 Å². The van der Waals surface area contributed by atoms with E-state index in [9.17, 15) is 0 Å². The number of para-hydroxylation sites is 2. The van der Waals surface area contributed by atoms with Gasteiger partial charge in [0.15, 0.2) is 0 Å². The van der Waals surface area contributed by atoms with Crippen molar-refractivity contribution in [1.29, 1.82) is 0 Å². The number of hydrogen-bond acceptors (Lipinski definition) is 1. The van der Waals surface area contributed by atoms with Crippen LogP contribution in [0.15, 0.2) is 206 Å². The summed E-state index contributed by atoms with van der Waals surface area (Å²) in [6.45, 7) is 2.14. The van der Waals surface area contributed by atoms with Gasteiger partial charge in [-0.15, -0.1) is 0 Å². The lowest BCUT2D eigenvalue weighted by atomic mass is 10.00. The van der Waals surface area contributed by atoms with Gasteiger partial charge in [0.1, 0.15) is 0 Å². The van der Waals surface area contributed by atoms with Crippen LogP contribution in [-0.4, -0.2) is 14.1 Å². The SMILES string of the molecule is Cc1ccc(-n2c3ccccc3c3cc(-c4ccc5c6ccccc6n(-c6cccc(-c7cc(-c8ccccc8)cc(-c8ccccc8)n7)c6)c5c4)ccc32)cc1. The summed E-state index contributed by atoms with van der Waals surface area (Å²) in [4.78, 5) is 5.26. The third kappa shape index (κ3) is 5.63. The van der Waals surface area contributed by atoms with E-state index in [1.165, 1.54) is 71.6 Å². The molecule has 0 unspecified atom stereocenters. The first-order valence-corrected chi connectivity index (χ1v) is 19.5. The van der Waals surface area contributed by atoms with Gasteiger partial charge in [-0.1, -0.05) is 145 Å². The summed E-state index contributed by atoms with van der Waals surface area (Å²) in [5.41, 5.74) is 17.0. The van der Waals surface area contributed by atoms with Crippen LogP contribution in [0, 0.1) is 6.92 Å². The van der Waals surface area contributed by atoms with E-state index in [0.29, 0.717) is 0 Å². The fourth-order valence-corrected chi connectivity index (χ4v) is 8.59. The molecule has 0 aliphatic heterocycles. The summed E-state index contributed by atoms with van der Waals surface area (Å²) >= 11 is 0. The number of aryl methyl sites for hydroxylation is 1. The maximum absolute atomic E-state index is 5.26. The molecule has 0 saturated carbocycles. The maximum atomic E-state index is 5.26. The molecule has 8 aromatic carbocycles. The maximum Gasteiger partial charge on any atom is 0.0716 e. The van der Waals surface area contributed by atoms with Gasteiger partial charge < -0.3 is 9.13 Å². The minimum atomic E-state index is 0.941. The largest absolute Gasteiger partial charge is 0.309 e. The van der Waals surface area contributed by atoms with Crippen LogP contribution in [0.4, 0.5) is 0 Å². The Morgan fingerprint density at radius 1 is 0.298 bits per heavy atom. The van der Waals surface area contributed by atoms with Crippen LogP contribution in [-0.2, 0) is 0 Å². The highest BCUT2D eigenvalue weighted by Crippen LogP contribution is 2.39. The number of nitrogens with zero attached hydrogens (tertiary/aromatic N) is 3. The van der Waals surface area contributed by atoms with Crippen LogP contribution >= 0.6 is 0 Å². The van der Waals surface area contributed by atoms with E-state index in [2.05, 4.69) is 222 Å². The van der Waals surface area contributed by atoms with Crippen molar-refractivity contribution in [2.24, 2.45) is 0 Å². The van der Waals surface area contributed by atoms with Gasteiger partial charge in [0.2, 0.25) is 0 Å². The second-order valence-electron chi connectivity index (χ2n) is 14.9. The number of pyridine rings is 1. The lowest BCUT2D eigenvalue weighted by molar-refractivity contribution is 1.17. The first kappa shape index (κ1) is 32.9. The molecule has 0 saturated heterocycles. The fourth-order valence-electron chi connectivity index (χ4n) is 8.59. The number of hydrogen-bond donors (Lipinski definition) is 0. The van der Waals surface area contributed by atoms with Crippen molar-refractivity contribution >= 4 is 43.6 Å². The van der Waals surface area contributed by atoms with Gasteiger partial charge in [0.25, 0.3) is 0 Å². The van der Waals surface area contributed by atoms with E-state index in [4.69, 9.17) is 4.98 Å². The third-order valence-corrected chi connectivity index (χ3v) is 11.4. The highest BCUT2D eigenvalue weighted by molar-refractivity contribution is 6.12. The first-order chi connectivity index (χ1) is 28.2. The predicted molar refractivity (Wildman–Crippen MR) is 239 cm³/mol. The average Bonchev–Trinajstić information content (AvgIpc) is 3.79. The molecule has 3 heteroatoms. The zero-order valence-electron chi connectivity index (χ0n) is 31.5. The van der Waals surface area contributed by atoms with Gasteiger partial charge in [0.05, 0.1) is 33.5 Å². The van der Waals surface area contributed by atoms with Crippen molar-refractivity contribution in [2.45, 2.75) is 6.92 Å². The molecule has 11 rings (SSSR count). The van der Waals surface area contributed by atoms with Gasteiger partial charge in [-0.05, 0) is 95.9 Å². The number of aromatic nitrogens is 3. The Balaban J connectivity index is 1.07. The molecular formula is C54H37N3. The van der Waals surface area contributed by atoms with Crippen molar-refractivity contribution in [3.8, 4) is 56.1 Å². The Bertz CT molecular complexity index is 3220. The summed E-state index contributed by atoms with van der Waals surface area (Å²) in [5.74, 6) is 0.